The first-order valence-electron chi connectivity index (χ1n) is 12.8. The van der Waals surface area contributed by atoms with Gasteiger partial charge in [-0.2, -0.15) is 0 Å². The first kappa shape index (κ1) is 30.1. The SMILES string of the molecule is CC(C)CCCCCCCCCCO.CCCC(C)CCCCCCCCO. The van der Waals surface area contributed by atoms with E-state index < -0.39 is 0 Å². The van der Waals surface area contributed by atoms with Crippen LogP contribution < -0.4 is 0 Å². The molecule has 0 heterocycles. The molecule has 2 heteroatoms. The van der Waals surface area contributed by atoms with Crippen molar-refractivity contribution in [2.45, 2.75) is 143 Å². The molecule has 1 atom stereocenters. The summed E-state index contributed by atoms with van der Waals surface area (Å²) in [4.78, 5) is 0. The number of unbranched alkanes of at least 4 members (excludes halogenated alkanes) is 12. The highest BCUT2D eigenvalue weighted by molar-refractivity contribution is 4.53. The Bertz CT molecular complexity index is 253. The lowest BCUT2D eigenvalue weighted by Gasteiger charge is -2.08. The van der Waals surface area contributed by atoms with Crippen LogP contribution in [0.3, 0.4) is 0 Å². The molecule has 0 aliphatic carbocycles. The van der Waals surface area contributed by atoms with E-state index in [1.165, 1.54) is 103 Å². The van der Waals surface area contributed by atoms with Gasteiger partial charge in [0.05, 0.1) is 0 Å². The average Bonchev–Trinajstić information content (AvgIpc) is 2.66. The monoisotopic (exact) mass is 400 g/mol. The maximum absolute atomic E-state index is 8.60. The Labute approximate surface area is 178 Å². The van der Waals surface area contributed by atoms with Gasteiger partial charge < -0.3 is 10.2 Å². The van der Waals surface area contributed by atoms with Crippen LogP contribution in [0.5, 0.6) is 0 Å². The van der Waals surface area contributed by atoms with Crippen molar-refractivity contribution in [1.82, 2.24) is 0 Å². The maximum atomic E-state index is 8.60. The minimum Gasteiger partial charge on any atom is -0.396 e. The van der Waals surface area contributed by atoms with E-state index in [9.17, 15) is 0 Å². The van der Waals surface area contributed by atoms with Crippen molar-refractivity contribution in [2.24, 2.45) is 11.8 Å². The summed E-state index contributed by atoms with van der Waals surface area (Å²) in [5.74, 6) is 1.80. The fourth-order valence-corrected chi connectivity index (χ4v) is 3.67. The molecule has 0 spiro atoms. The number of aliphatic hydroxyl groups excluding tert-OH is 2. The first-order valence-corrected chi connectivity index (χ1v) is 12.8. The van der Waals surface area contributed by atoms with Gasteiger partial charge in [0, 0.05) is 13.2 Å². The zero-order chi connectivity index (χ0) is 21.3. The van der Waals surface area contributed by atoms with Crippen molar-refractivity contribution < 1.29 is 10.2 Å². The van der Waals surface area contributed by atoms with Gasteiger partial charge in [0.25, 0.3) is 0 Å². The van der Waals surface area contributed by atoms with Crippen molar-refractivity contribution in [2.75, 3.05) is 13.2 Å². The Kier molecular flexibility index (Phi) is 29.0. The predicted octanol–water partition coefficient (Wildman–Crippen LogP) is 8.29. The number of rotatable bonds is 20. The van der Waals surface area contributed by atoms with Crippen molar-refractivity contribution in [3.8, 4) is 0 Å². The second-order valence-electron chi connectivity index (χ2n) is 9.26. The molecule has 172 valence electrons. The molecular formula is C26H56O2. The molecule has 0 aromatic heterocycles. The van der Waals surface area contributed by atoms with Crippen LogP contribution in [-0.2, 0) is 0 Å². The smallest absolute Gasteiger partial charge is 0.0431 e. The molecule has 0 radical (unpaired) electrons. The molecule has 2 N–H and O–H groups in total. The summed E-state index contributed by atoms with van der Waals surface area (Å²) in [5.41, 5.74) is 0. The molecule has 0 saturated heterocycles. The molecule has 0 aliphatic heterocycles. The second kappa shape index (κ2) is 26.9. The Morgan fingerprint density at radius 3 is 1.18 bits per heavy atom. The molecule has 0 aliphatic rings. The minimum absolute atomic E-state index is 0.369. The number of aliphatic hydroxyl groups is 2. The van der Waals surface area contributed by atoms with Crippen LogP contribution in [0.1, 0.15) is 143 Å². The Morgan fingerprint density at radius 2 is 0.821 bits per heavy atom. The highest BCUT2D eigenvalue weighted by Gasteiger charge is 1.99. The third-order valence-corrected chi connectivity index (χ3v) is 5.58. The summed E-state index contributed by atoms with van der Waals surface area (Å²) in [7, 11) is 0. The van der Waals surface area contributed by atoms with E-state index in [1.807, 2.05) is 0 Å². The highest BCUT2D eigenvalue weighted by Crippen LogP contribution is 2.15. The summed E-state index contributed by atoms with van der Waals surface area (Å²) in [6, 6.07) is 0. The van der Waals surface area contributed by atoms with Crippen molar-refractivity contribution in [3.05, 3.63) is 0 Å². The molecule has 0 fully saturated rings. The molecule has 0 amide bonds. The van der Waals surface area contributed by atoms with Gasteiger partial charge >= 0.3 is 0 Å². The Hall–Kier alpha value is -0.0800. The minimum atomic E-state index is 0.369. The van der Waals surface area contributed by atoms with Crippen LogP contribution in [0.4, 0.5) is 0 Å². The molecule has 2 nitrogen and oxygen atoms in total. The van der Waals surface area contributed by atoms with Crippen LogP contribution in [0.15, 0.2) is 0 Å². The van der Waals surface area contributed by atoms with Crippen LogP contribution >= 0.6 is 0 Å². The van der Waals surface area contributed by atoms with Gasteiger partial charge in [-0.15, -0.1) is 0 Å². The average molecular weight is 401 g/mol. The van der Waals surface area contributed by atoms with E-state index in [0.29, 0.717) is 13.2 Å². The molecule has 1 unspecified atom stereocenters. The topological polar surface area (TPSA) is 40.5 Å². The zero-order valence-electron chi connectivity index (χ0n) is 20.2. The first-order chi connectivity index (χ1) is 13.6. The van der Waals surface area contributed by atoms with Crippen LogP contribution in [0, 0.1) is 11.8 Å². The lowest BCUT2D eigenvalue weighted by Crippen LogP contribution is -1.93. The number of hydrogen-bond donors (Lipinski definition) is 2. The molecular weight excluding hydrogens is 344 g/mol. The second-order valence-corrected chi connectivity index (χ2v) is 9.26. The molecule has 0 bridgehead atoms. The van der Waals surface area contributed by atoms with E-state index in [-0.39, 0.29) is 0 Å². The van der Waals surface area contributed by atoms with Crippen LogP contribution in [0.2, 0.25) is 0 Å². The summed E-state index contributed by atoms with van der Waals surface area (Å²) >= 11 is 0. The zero-order valence-corrected chi connectivity index (χ0v) is 20.2. The van der Waals surface area contributed by atoms with E-state index in [2.05, 4.69) is 27.7 Å². The van der Waals surface area contributed by atoms with E-state index in [0.717, 1.165) is 24.7 Å². The highest BCUT2D eigenvalue weighted by atomic mass is 16.3. The van der Waals surface area contributed by atoms with Crippen molar-refractivity contribution >= 4 is 0 Å². The summed E-state index contributed by atoms with van der Waals surface area (Å²) in [5, 5.41) is 17.2. The van der Waals surface area contributed by atoms with Crippen LogP contribution in [0.25, 0.3) is 0 Å². The Balaban J connectivity index is 0. The maximum Gasteiger partial charge on any atom is 0.0431 e. The fourth-order valence-electron chi connectivity index (χ4n) is 3.67. The summed E-state index contributed by atoms with van der Waals surface area (Å²) in [6.07, 6.45) is 23.7. The van der Waals surface area contributed by atoms with Gasteiger partial charge in [-0.3, -0.25) is 0 Å². The summed E-state index contributed by atoms with van der Waals surface area (Å²) < 4.78 is 0. The van der Waals surface area contributed by atoms with E-state index in [4.69, 9.17) is 10.2 Å². The lowest BCUT2D eigenvalue weighted by atomic mass is 9.98. The van der Waals surface area contributed by atoms with Gasteiger partial charge in [0.2, 0.25) is 0 Å². The molecule has 28 heavy (non-hydrogen) atoms. The van der Waals surface area contributed by atoms with Crippen molar-refractivity contribution in [1.29, 1.82) is 0 Å². The van der Waals surface area contributed by atoms with Gasteiger partial charge in [-0.1, -0.05) is 130 Å². The van der Waals surface area contributed by atoms with E-state index in [1.54, 1.807) is 0 Å². The third kappa shape index (κ3) is 30.6. The van der Waals surface area contributed by atoms with Gasteiger partial charge in [0.15, 0.2) is 0 Å². The van der Waals surface area contributed by atoms with Gasteiger partial charge in [-0.25, -0.2) is 0 Å². The molecule has 0 aromatic carbocycles. The van der Waals surface area contributed by atoms with Crippen molar-refractivity contribution in [3.63, 3.8) is 0 Å². The van der Waals surface area contributed by atoms with E-state index >= 15 is 0 Å². The number of hydrogen-bond acceptors (Lipinski definition) is 2. The standard InChI is InChI=1S/2C13H28O/c1-13(2)11-9-7-5-3-4-6-8-10-12-14;1-3-10-13(2)11-8-6-4-5-7-9-12-14/h2*13-14H,3-12H2,1-2H3. The van der Waals surface area contributed by atoms with Crippen LogP contribution in [-0.4, -0.2) is 23.4 Å². The van der Waals surface area contributed by atoms with Gasteiger partial charge in [0.1, 0.15) is 0 Å². The predicted molar refractivity (Wildman–Crippen MR) is 127 cm³/mol. The largest absolute Gasteiger partial charge is 0.396 e. The normalized spacial score (nSPS) is 12.1. The molecule has 0 saturated carbocycles. The quantitative estimate of drug-likeness (QED) is 0.202. The van der Waals surface area contributed by atoms with Gasteiger partial charge in [-0.05, 0) is 24.7 Å². The fraction of sp³-hybridized carbons (Fsp3) is 1.00. The third-order valence-electron chi connectivity index (χ3n) is 5.58. The molecule has 0 aromatic rings. The summed E-state index contributed by atoms with van der Waals surface area (Å²) in [6.45, 7) is 9.98. The Morgan fingerprint density at radius 1 is 0.464 bits per heavy atom. The lowest BCUT2D eigenvalue weighted by molar-refractivity contribution is 0.282. The molecule has 0 rings (SSSR count).